The molecule has 17 heavy (non-hydrogen) atoms. The van der Waals surface area contributed by atoms with Gasteiger partial charge in [-0.3, -0.25) is 4.79 Å². The molecule has 0 bridgehead atoms. The molecule has 6 heteroatoms. The molecule has 0 aromatic heterocycles. The van der Waals surface area contributed by atoms with E-state index < -0.39 is 12.1 Å². The fourth-order valence-electron chi connectivity index (χ4n) is 1.41. The zero-order valence-corrected chi connectivity index (χ0v) is 12.4. The van der Waals surface area contributed by atoms with E-state index in [0.717, 1.165) is 0 Å². The Kier molecular flexibility index (Phi) is 5.54. The molecule has 4 nitrogen and oxygen atoms in total. The summed E-state index contributed by atoms with van der Waals surface area (Å²) >= 11 is 5.12. The van der Waals surface area contributed by atoms with Gasteiger partial charge < -0.3 is 10.2 Å². The van der Waals surface area contributed by atoms with E-state index in [-0.39, 0.29) is 17.8 Å². The Morgan fingerprint density at radius 1 is 1.41 bits per heavy atom. The predicted molar refractivity (Wildman–Crippen MR) is 74.5 cm³/mol. The van der Waals surface area contributed by atoms with Crippen molar-refractivity contribution in [3.05, 3.63) is 32.9 Å². The minimum atomic E-state index is -1.67. The van der Waals surface area contributed by atoms with Crippen molar-refractivity contribution in [1.29, 1.82) is 0 Å². The number of carboxylic acids is 1. The van der Waals surface area contributed by atoms with Gasteiger partial charge in [-0.05, 0) is 28.7 Å². The maximum absolute atomic E-state index is 11.9. The molecule has 0 amide bonds. The van der Waals surface area contributed by atoms with Gasteiger partial charge in [-0.2, -0.15) is 0 Å². The third kappa shape index (κ3) is 3.49. The standard InChI is InChI=1S/C11H10BrIO4/c12-5-4-8(14)9-6(10(15)11(16)17)2-1-3-7(9)13/h1-3,10,15H,4-5H2,(H,16,17). The number of Topliss-reactive ketones (excluding diaryl/α,β-unsaturated/α-hetero) is 1. The van der Waals surface area contributed by atoms with Crippen LogP contribution in [0.3, 0.4) is 0 Å². The van der Waals surface area contributed by atoms with Gasteiger partial charge in [0.05, 0.1) is 0 Å². The van der Waals surface area contributed by atoms with E-state index >= 15 is 0 Å². The summed E-state index contributed by atoms with van der Waals surface area (Å²) in [6, 6.07) is 4.79. The van der Waals surface area contributed by atoms with Crippen LogP contribution >= 0.6 is 38.5 Å². The molecule has 0 radical (unpaired) electrons. The molecule has 92 valence electrons. The molecule has 1 atom stereocenters. The summed E-state index contributed by atoms with van der Waals surface area (Å²) in [4.78, 5) is 22.6. The third-order valence-electron chi connectivity index (χ3n) is 2.17. The average Bonchev–Trinajstić information content (AvgIpc) is 2.27. The molecule has 1 aromatic rings. The molecule has 1 aromatic carbocycles. The van der Waals surface area contributed by atoms with Crippen molar-refractivity contribution >= 4 is 50.3 Å². The Balaban J connectivity index is 3.26. The number of rotatable bonds is 5. The van der Waals surface area contributed by atoms with Crippen LogP contribution in [0, 0.1) is 3.57 Å². The number of aliphatic carboxylic acids is 1. The number of alkyl halides is 1. The van der Waals surface area contributed by atoms with E-state index in [1.54, 1.807) is 12.1 Å². The van der Waals surface area contributed by atoms with Crippen molar-refractivity contribution in [2.45, 2.75) is 12.5 Å². The fourth-order valence-corrected chi connectivity index (χ4v) is 2.59. The van der Waals surface area contributed by atoms with E-state index in [1.165, 1.54) is 6.07 Å². The van der Waals surface area contributed by atoms with E-state index in [9.17, 15) is 14.7 Å². The topological polar surface area (TPSA) is 74.6 Å². The van der Waals surface area contributed by atoms with Gasteiger partial charge in [-0.1, -0.05) is 28.1 Å². The van der Waals surface area contributed by atoms with Crippen molar-refractivity contribution in [3.8, 4) is 0 Å². The Morgan fingerprint density at radius 2 is 2.06 bits per heavy atom. The van der Waals surface area contributed by atoms with Crippen LogP contribution in [-0.2, 0) is 4.79 Å². The lowest BCUT2D eigenvalue weighted by molar-refractivity contribution is -0.146. The summed E-state index contributed by atoms with van der Waals surface area (Å²) in [6.07, 6.45) is -1.40. The summed E-state index contributed by atoms with van der Waals surface area (Å²) in [5, 5.41) is 18.8. The number of aliphatic hydroxyl groups excluding tert-OH is 1. The average molecular weight is 413 g/mol. The van der Waals surface area contributed by atoms with Gasteiger partial charge in [0.2, 0.25) is 0 Å². The second kappa shape index (κ2) is 6.46. The number of aliphatic hydroxyl groups is 1. The molecule has 1 rings (SSSR count). The molecule has 0 aliphatic carbocycles. The summed E-state index contributed by atoms with van der Waals surface area (Å²) in [5.74, 6) is -1.54. The van der Waals surface area contributed by atoms with Crippen LogP contribution in [-0.4, -0.2) is 27.3 Å². The summed E-state index contributed by atoms with van der Waals surface area (Å²) in [7, 11) is 0. The first-order valence-corrected chi connectivity index (χ1v) is 6.97. The second-order valence-corrected chi connectivity index (χ2v) is 5.26. The molecule has 0 heterocycles. The number of carbonyl (C=O) groups excluding carboxylic acids is 1. The Labute approximate surface area is 120 Å². The zero-order valence-electron chi connectivity index (χ0n) is 8.69. The molecule has 0 aliphatic heterocycles. The van der Waals surface area contributed by atoms with Crippen molar-refractivity contribution in [3.63, 3.8) is 0 Å². The molecular weight excluding hydrogens is 403 g/mol. The second-order valence-electron chi connectivity index (χ2n) is 3.31. The first kappa shape index (κ1) is 14.6. The molecule has 0 aliphatic rings. The highest BCUT2D eigenvalue weighted by Crippen LogP contribution is 2.24. The molecule has 1 unspecified atom stereocenters. The van der Waals surface area contributed by atoms with Gasteiger partial charge in [0.25, 0.3) is 0 Å². The highest BCUT2D eigenvalue weighted by Gasteiger charge is 2.24. The lowest BCUT2D eigenvalue weighted by atomic mass is 9.98. The zero-order chi connectivity index (χ0) is 13.0. The number of hydrogen-bond acceptors (Lipinski definition) is 3. The van der Waals surface area contributed by atoms with Gasteiger partial charge >= 0.3 is 5.97 Å². The van der Waals surface area contributed by atoms with Gasteiger partial charge in [0.1, 0.15) is 0 Å². The SMILES string of the molecule is O=C(CCBr)c1c(I)cccc1C(O)C(=O)O. The monoisotopic (exact) mass is 412 g/mol. The van der Waals surface area contributed by atoms with E-state index in [0.29, 0.717) is 14.5 Å². The van der Waals surface area contributed by atoms with Crippen LogP contribution in [0.1, 0.15) is 28.4 Å². The third-order valence-corrected chi connectivity index (χ3v) is 3.47. The van der Waals surface area contributed by atoms with Gasteiger partial charge in [-0.25, -0.2) is 4.79 Å². The van der Waals surface area contributed by atoms with Crippen molar-refractivity contribution in [2.75, 3.05) is 5.33 Å². The van der Waals surface area contributed by atoms with Crippen LogP contribution in [0.2, 0.25) is 0 Å². The van der Waals surface area contributed by atoms with Crippen molar-refractivity contribution in [1.82, 2.24) is 0 Å². The minimum absolute atomic E-state index is 0.148. The van der Waals surface area contributed by atoms with Crippen LogP contribution in [0.25, 0.3) is 0 Å². The molecule has 2 N–H and O–H groups in total. The number of carboxylic acid groups (broad SMARTS) is 1. The fraction of sp³-hybridized carbons (Fsp3) is 0.273. The summed E-state index contributed by atoms with van der Waals surface area (Å²) < 4.78 is 0.645. The Hall–Kier alpha value is -0.470. The highest BCUT2D eigenvalue weighted by molar-refractivity contribution is 14.1. The molecule has 0 spiro atoms. The number of carbonyl (C=O) groups is 2. The first-order chi connectivity index (χ1) is 7.99. The summed E-state index contributed by atoms with van der Waals surface area (Å²) in [6.45, 7) is 0. The summed E-state index contributed by atoms with van der Waals surface area (Å²) in [5.41, 5.74) is 0.442. The lowest BCUT2D eigenvalue weighted by Crippen LogP contribution is -2.16. The normalized spacial score (nSPS) is 12.2. The number of ketones is 1. The lowest BCUT2D eigenvalue weighted by Gasteiger charge is -2.12. The van der Waals surface area contributed by atoms with Crippen LogP contribution in [0.5, 0.6) is 0 Å². The van der Waals surface area contributed by atoms with Gasteiger partial charge in [-0.15, -0.1) is 0 Å². The molecule has 0 saturated heterocycles. The number of hydrogen-bond donors (Lipinski definition) is 2. The smallest absolute Gasteiger partial charge is 0.337 e. The van der Waals surface area contributed by atoms with E-state index in [4.69, 9.17) is 5.11 Å². The molecular formula is C11H10BrIO4. The van der Waals surface area contributed by atoms with E-state index in [1.807, 2.05) is 22.6 Å². The number of halogens is 2. The minimum Gasteiger partial charge on any atom is -0.479 e. The number of benzene rings is 1. The molecule has 0 saturated carbocycles. The quantitative estimate of drug-likeness (QED) is 0.442. The van der Waals surface area contributed by atoms with Crippen LogP contribution < -0.4 is 0 Å². The van der Waals surface area contributed by atoms with Gasteiger partial charge in [0.15, 0.2) is 11.9 Å². The predicted octanol–water partition coefficient (Wildman–Crippen LogP) is 2.38. The van der Waals surface area contributed by atoms with Crippen molar-refractivity contribution in [2.24, 2.45) is 0 Å². The Morgan fingerprint density at radius 3 is 2.59 bits per heavy atom. The van der Waals surface area contributed by atoms with Crippen LogP contribution in [0.15, 0.2) is 18.2 Å². The maximum atomic E-state index is 11.9. The highest BCUT2D eigenvalue weighted by atomic mass is 127. The van der Waals surface area contributed by atoms with Gasteiger partial charge in [0, 0.05) is 26.4 Å². The Bertz CT molecular complexity index is 447. The van der Waals surface area contributed by atoms with E-state index in [2.05, 4.69) is 15.9 Å². The largest absolute Gasteiger partial charge is 0.479 e. The maximum Gasteiger partial charge on any atom is 0.337 e. The van der Waals surface area contributed by atoms with Crippen LogP contribution in [0.4, 0.5) is 0 Å². The van der Waals surface area contributed by atoms with Crippen molar-refractivity contribution < 1.29 is 19.8 Å². The first-order valence-electron chi connectivity index (χ1n) is 4.77. The molecule has 0 fully saturated rings.